The number of benzene rings is 1. The summed E-state index contributed by atoms with van der Waals surface area (Å²) in [6.45, 7) is 0. The predicted molar refractivity (Wildman–Crippen MR) is 82.1 cm³/mol. The Kier molecular flexibility index (Phi) is 3.37. The van der Waals surface area contributed by atoms with E-state index in [0.29, 0.717) is 18.4 Å². The first-order valence-corrected chi connectivity index (χ1v) is 7.06. The largest absolute Gasteiger partial charge is 0.383 e. The highest BCUT2D eigenvalue weighted by atomic mass is 16.1. The van der Waals surface area contributed by atoms with Gasteiger partial charge in [-0.15, -0.1) is 0 Å². The lowest BCUT2D eigenvalue weighted by atomic mass is 9.80. The minimum Gasteiger partial charge on any atom is -0.383 e. The molecule has 0 aliphatic heterocycles. The van der Waals surface area contributed by atoms with Gasteiger partial charge in [0, 0.05) is 44.9 Å². The van der Waals surface area contributed by atoms with Crippen LogP contribution in [-0.4, -0.2) is 35.5 Å². The molecule has 1 aliphatic carbocycles. The molecule has 1 heterocycles. The SMILES string of the molecule is CN(C)C=C1C(=O)CC(c2ccc3[nH]ccc3c2)CC1=O. The molecule has 0 bridgehead atoms. The van der Waals surface area contributed by atoms with E-state index >= 15 is 0 Å². The molecule has 0 atom stereocenters. The first-order valence-electron chi connectivity index (χ1n) is 7.06. The van der Waals surface area contributed by atoms with E-state index in [2.05, 4.69) is 11.1 Å². The molecule has 0 radical (unpaired) electrons. The van der Waals surface area contributed by atoms with Crippen LogP contribution >= 0.6 is 0 Å². The van der Waals surface area contributed by atoms with Gasteiger partial charge in [0.05, 0.1) is 5.57 Å². The second-order valence-corrected chi connectivity index (χ2v) is 5.78. The molecule has 1 fully saturated rings. The average molecular weight is 282 g/mol. The summed E-state index contributed by atoms with van der Waals surface area (Å²) < 4.78 is 0. The van der Waals surface area contributed by atoms with E-state index < -0.39 is 0 Å². The summed E-state index contributed by atoms with van der Waals surface area (Å²) in [5.41, 5.74) is 2.46. The molecule has 4 heteroatoms. The first kappa shape index (κ1) is 13.6. The van der Waals surface area contributed by atoms with Crippen molar-refractivity contribution in [3.05, 3.63) is 47.8 Å². The lowest BCUT2D eigenvalue weighted by Gasteiger charge is -2.23. The van der Waals surface area contributed by atoms with Gasteiger partial charge in [-0.1, -0.05) is 6.07 Å². The van der Waals surface area contributed by atoms with Crippen molar-refractivity contribution in [2.24, 2.45) is 0 Å². The number of aromatic amines is 1. The van der Waals surface area contributed by atoms with Gasteiger partial charge in [-0.25, -0.2) is 0 Å². The Labute approximate surface area is 123 Å². The lowest BCUT2D eigenvalue weighted by molar-refractivity contribution is -0.124. The molecular weight excluding hydrogens is 264 g/mol. The van der Waals surface area contributed by atoms with E-state index in [9.17, 15) is 9.59 Å². The maximum atomic E-state index is 12.2. The third-order valence-electron chi connectivity index (χ3n) is 3.90. The molecule has 21 heavy (non-hydrogen) atoms. The third-order valence-corrected chi connectivity index (χ3v) is 3.90. The van der Waals surface area contributed by atoms with Crippen molar-refractivity contribution in [1.82, 2.24) is 9.88 Å². The number of allylic oxidation sites excluding steroid dienone is 1. The second kappa shape index (κ2) is 5.20. The number of nitrogens with one attached hydrogen (secondary N) is 1. The van der Waals surface area contributed by atoms with Crippen molar-refractivity contribution in [3.8, 4) is 0 Å². The van der Waals surface area contributed by atoms with E-state index in [1.807, 2.05) is 38.5 Å². The first-order chi connectivity index (χ1) is 10.0. The molecule has 1 aromatic carbocycles. The summed E-state index contributed by atoms with van der Waals surface area (Å²) in [6, 6.07) is 8.08. The number of H-pyrrole nitrogens is 1. The zero-order valence-electron chi connectivity index (χ0n) is 12.2. The standard InChI is InChI=1S/C17H18N2O2/c1-19(2)10-14-16(20)8-13(9-17(14)21)11-3-4-15-12(7-11)5-6-18-15/h3-7,10,13,18H,8-9H2,1-2H3. The normalized spacial score (nSPS) is 19.1. The molecular formula is C17H18N2O2. The van der Waals surface area contributed by atoms with Gasteiger partial charge in [0.2, 0.25) is 0 Å². The summed E-state index contributed by atoms with van der Waals surface area (Å²) in [5, 5.41) is 1.11. The zero-order valence-corrected chi connectivity index (χ0v) is 12.2. The minimum atomic E-state index is -0.0564. The van der Waals surface area contributed by atoms with E-state index in [4.69, 9.17) is 0 Å². The van der Waals surface area contributed by atoms with E-state index in [1.54, 1.807) is 11.1 Å². The number of hydrogen-bond donors (Lipinski definition) is 1. The molecule has 0 saturated heterocycles. The Morgan fingerprint density at radius 2 is 1.86 bits per heavy atom. The molecule has 4 nitrogen and oxygen atoms in total. The zero-order chi connectivity index (χ0) is 15.0. The van der Waals surface area contributed by atoms with Gasteiger partial charge in [0.1, 0.15) is 0 Å². The fourth-order valence-corrected chi connectivity index (χ4v) is 2.86. The van der Waals surface area contributed by atoms with Crippen LogP contribution in [0.5, 0.6) is 0 Å². The van der Waals surface area contributed by atoms with Crippen molar-refractivity contribution in [1.29, 1.82) is 0 Å². The molecule has 0 unspecified atom stereocenters. The smallest absolute Gasteiger partial charge is 0.168 e. The summed E-state index contributed by atoms with van der Waals surface area (Å²) >= 11 is 0. The Morgan fingerprint density at radius 1 is 1.14 bits per heavy atom. The highest BCUT2D eigenvalue weighted by Crippen LogP contribution is 2.33. The van der Waals surface area contributed by atoms with Crippen LogP contribution in [0.3, 0.4) is 0 Å². The van der Waals surface area contributed by atoms with Gasteiger partial charge in [-0.2, -0.15) is 0 Å². The second-order valence-electron chi connectivity index (χ2n) is 5.78. The maximum absolute atomic E-state index is 12.2. The van der Waals surface area contributed by atoms with Crippen LogP contribution in [-0.2, 0) is 9.59 Å². The number of fused-ring (bicyclic) bond motifs is 1. The number of rotatable bonds is 2. The Bertz CT molecular complexity index is 720. The topological polar surface area (TPSA) is 53.2 Å². The van der Waals surface area contributed by atoms with Crippen LogP contribution in [0.25, 0.3) is 10.9 Å². The highest BCUT2D eigenvalue weighted by Gasteiger charge is 2.31. The van der Waals surface area contributed by atoms with Crippen LogP contribution in [0, 0.1) is 0 Å². The van der Waals surface area contributed by atoms with Crippen molar-refractivity contribution in [3.63, 3.8) is 0 Å². The molecule has 1 saturated carbocycles. The minimum absolute atomic E-state index is 0.0105. The van der Waals surface area contributed by atoms with Crippen LogP contribution in [0.2, 0.25) is 0 Å². The summed E-state index contributed by atoms with van der Waals surface area (Å²) in [7, 11) is 3.64. The number of aromatic nitrogens is 1. The molecule has 1 N–H and O–H groups in total. The summed E-state index contributed by atoms with van der Waals surface area (Å²) in [4.78, 5) is 29.3. The molecule has 2 aromatic rings. The number of hydrogen-bond acceptors (Lipinski definition) is 3. The van der Waals surface area contributed by atoms with Crippen LogP contribution < -0.4 is 0 Å². The summed E-state index contributed by atoms with van der Waals surface area (Å²) in [5.74, 6) is -0.123. The van der Waals surface area contributed by atoms with Crippen LogP contribution in [0.4, 0.5) is 0 Å². The van der Waals surface area contributed by atoms with E-state index in [1.165, 1.54) is 0 Å². The van der Waals surface area contributed by atoms with Gasteiger partial charge >= 0.3 is 0 Å². The average Bonchev–Trinajstić information content (AvgIpc) is 2.89. The third kappa shape index (κ3) is 2.61. The van der Waals surface area contributed by atoms with Crippen molar-refractivity contribution < 1.29 is 9.59 Å². The lowest BCUT2D eigenvalue weighted by Crippen LogP contribution is -2.26. The fraction of sp³-hybridized carbons (Fsp3) is 0.294. The van der Waals surface area contributed by atoms with Crippen molar-refractivity contribution in [2.75, 3.05) is 14.1 Å². The van der Waals surface area contributed by atoms with Gasteiger partial charge < -0.3 is 9.88 Å². The quantitative estimate of drug-likeness (QED) is 0.680. The van der Waals surface area contributed by atoms with E-state index in [-0.39, 0.29) is 17.5 Å². The van der Waals surface area contributed by atoms with Gasteiger partial charge in [0.25, 0.3) is 0 Å². The van der Waals surface area contributed by atoms with Crippen LogP contribution in [0.15, 0.2) is 42.2 Å². The number of ketones is 2. The highest BCUT2D eigenvalue weighted by molar-refractivity contribution is 6.22. The number of carbonyl (C=O) groups excluding carboxylic acids is 2. The number of nitrogens with zero attached hydrogens (tertiary/aromatic N) is 1. The Hall–Kier alpha value is -2.36. The van der Waals surface area contributed by atoms with Crippen molar-refractivity contribution in [2.45, 2.75) is 18.8 Å². The molecule has 0 amide bonds. The van der Waals surface area contributed by atoms with Crippen LogP contribution in [0.1, 0.15) is 24.3 Å². The molecule has 3 rings (SSSR count). The maximum Gasteiger partial charge on any atom is 0.168 e. The van der Waals surface area contributed by atoms with Gasteiger partial charge in [-0.3, -0.25) is 9.59 Å². The molecule has 1 aliphatic rings. The summed E-state index contributed by atoms with van der Waals surface area (Å²) in [6.07, 6.45) is 4.34. The van der Waals surface area contributed by atoms with Gasteiger partial charge in [0.15, 0.2) is 11.6 Å². The fourth-order valence-electron chi connectivity index (χ4n) is 2.86. The molecule has 0 spiro atoms. The number of Topliss-reactive ketones (excluding diaryl/α,β-unsaturated/α-hetero) is 2. The monoisotopic (exact) mass is 282 g/mol. The molecule has 108 valence electrons. The van der Waals surface area contributed by atoms with E-state index in [0.717, 1.165) is 16.5 Å². The predicted octanol–water partition coefficient (Wildman–Crippen LogP) is 2.63. The van der Waals surface area contributed by atoms with Gasteiger partial charge in [-0.05, 0) is 35.1 Å². The molecule has 1 aromatic heterocycles. The van der Waals surface area contributed by atoms with Crippen molar-refractivity contribution >= 4 is 22.5 Å². The number of carbonyl (C=O) groups is 2. The Morgan fingerprint density at radius 3 is 2.52 bits per heavy atom. The Balaban J connectivity index is 1.88.